The maximum Gasteiger partial charge on any atom is 0.0850 e. The van der Waals surface area contributed by atoms with E-state index in [1.54, 1.807) is 0 Å². The molecule has 1 aliphatic heterocycles. The number of hydrogen-bond acceptors (Lipinski definition) is 1. The third kappa shape index (κ3) is 2.08. The Balaban J connectivity index is 2.02. The Morgan fingerprint density at radius 3 is 2.33 bits per heavy atom. The van der Waals surface area contributed by atoms with Crippen LogP contribution in [0.2, 0.25) is 0 Å². The van der Waals surface area contributed by atoms with E-state index in [1.807, 2.05) is 0 Å². The van der Waals surface area contributed by atoms with E-state index < -0.39 is 0 Å². The van der Waals surface area contributed by atoms with Crippen LogP contribution >= 0.6 is 15.9 Å². The van der Waals surface area contributed by atoms with Gasteiger partial charge in [-0.3, -0.25) is 0 Å². The highest BCUT2D eigenvalue weighted by atomic mass is 79.9. The average Bonchev–Trinajstić information content (AvgIpc) is 2.90. The summed E-state index contributed by atoms with van der Waals surface area (Å²) in [5.74, 6) is 0. The maximum atomic E-state index is 5.16. The molecule has 1 aliphatic rings. The molecule has 0 aliphatic carbocycles. The first-order valence-electron chi connectivity index (χ1n) is 4.14. The highest BCUT2D eigenvalue weighted by Crippen LogP contribution is 2.16. The molecule has 64 valence electrons. The van der Waals surface area contributed by atoms with Crippen molar-refractivity contribution in [2.75, 3.05) is 6.61 Å². The van der Waals surface area contributed by atoms with E-state index in [9.17, 15) is 0 Å². The molecular formula is C10H11BrO. The van der Waals surface area contributed by atoms with Crippen LogP contribution in [-0.4, -0.2) is 12.7 Å². The van der Waals surface area contributed by atoms with Crippen LogP contribution in [0.4, 0.5) is 0 Å². The highest BCUT2D eigenvalue weighted by Gasteiger charge is 2.22. The molecule has 1 aromatic rings. The fourth-order valence-electron chi connectivity index (χ4n) is 1.21. The van der Waals surface area contributed by atoms with E-state index in [1.165, 1.54) is 11.1 Å². The second-order valence-electron chi connectivity index (χ2n) is 3.11. The lowest BCUT2D eigenvalue weighted by Crippen LogP contribution is -1.92. The van der Waals surface area contributed by atoms with E-state index in [-0.39, 0.29) is 0 Å². The van der Waals surface area contributed by atoms with Gasteiger partial charge in [0.15, 0.2) is 0 Å². The van der Waals surface area contributed by atoms with E-state index >= 15 is 0 Å². The summed E-state index contributed by atoms with van der Waals surface area (Å²) in [6, 6.07) is 8.68. The zero-order valence-electron chi connectivity index (χ0n) is 6.79. The summed E-state index contributed by atoms with van der Waals surface area (Å²) in [7, 11) is 0. The molecule has 1 unspecified atom stereocenters. The standard InChI is InChI=1S/C10H11BrO/c11-6-9-3-1-8(2-4-9)5-10-7-12-10/h1-4,10H,5-7H2. The van der Waals surface area contributed by atoms with E-state index in [0.29, 0.717) is 6.10 Å². The van der Waals surface area contributed by atoms with Gasteiger partial charge in [-0.05, 0) is 11.1 Å². The van der Waals surface area contributed by atoms with E-state index in [4.69, 9.17) is 4.74 Å². The summed E-state index contributed by atoms with van der Waals surface area (Å²) in [6.45, 7) is 0.945. The molecule has 0 radical (unpaired) electrons. The zero-order valence-corrected chi connectivity index (χ0v) is 8.38. The Labute approximate surface area is 80.9 Å². The van der Waals surface area contributed by atoms with Gasteiger partial charge in [-0.15, -0.1) is 0 Å². The molecule has 1 saturated heterocycles. The topological polar surface area (TPSA) is 12.5 Å². The molecule has 2 rings (SSSR count). The average molecular weight is 227 g/mol. The van der Waals surface area contributed by atoms with Crippen molar-refractivity contribution in [3.05, 3.63) is 35.4 Å². The fraction of sp³-hybridized carbons (Fsp3) is 0.400. The van der Waals surface area contributed by atoms with Crippen molar-refractivity contribution in [3.8, 4) is 0 Å². The van der Waals surface area contributed by atoms with Crippen LogP contribution in [0, 0.1) is 0 Å². The summed E-state index contributed by atoms with van der Waals surface area (Å²) in [5.41, 5.74) is 2.71. The van der Waals surface area contributed by atoms with Crippen LogP contribution in [-0.2, 0) is 16.5 Å². The van der Waals surface area contributed by atoms with Gasteiger partial charge in [0.05, 0.1) is 12.7 Å². The molecule has 0 aromatic heterocycles. The second kappa shape index (κ2) is 3.58. The molecule has 0 saturated carbocycles. The Bertz CT molecular complexity index is 251. The Kier molecular flexibility index (Phi) is 2.47. The van der Waals surface area contributed by atoms with Gasteiger partial charge in [0.25, 0.3) is 0 Å². The quantitative estimate of drug-likeness (QED) is 0.571. The minimum atomic E-state index is 0.500. The number of hydrogen-bond donors (Lipinski definition) is 0. The highest BCUT2D eigenvalue weighted by molar-refractivity contribution is 9.08. The zero-order chi connectivity index (χ0) is 8.39. The van der Waals surface area contributed by atoms with Gasteiger partial charge in [-0.1, -0.05) is 40.2 Å². The van der Waals surface area contributed by atoms with Crippen molar-refractivity contribution in [1.82, 2.24) is 0 Å². The van der Waals surface area contributed by atoms with Crippen molar-refractivity contribution in [2.24, 2.45) is 0 Å². The van der Waals surface area contributed by atoms with E-state index in [0.717, 1.165) is 18.4 Å². The summed E-state index contributed by atoms with van der Waals surface area (Å²) in [6.07, 6.45) is 1.57. The maximum absolute atomic E-state index is 5.16. The molecule has 1 fully saturated rings. The SMILES string of the molecule is BrCc1ccc(CC2CO2)cc1. The number of halogens is 1. The number of rotatable bonds is 3. The summed E-state index contributed by atoms with van der Waals surface area (Å²) >= 11 is 3.42. The molecule has 0 N–H and O–H groups in total. The molecule has 1 atom stereocenters. The first kappa shape index (κ1) is 8.27. The third-order valence-electron chi connectivity index (χ3n) is 2.04. The van der Waals surface area contributed by atoms with Gasteiger partial charge in [0.1, 0.15) is 0 Å². The summed E-state index contributed by atoms with van der Waals surface area (Å²) < 4.78 is 5.16. The lowest BCUT2D eigenvalue weighted by atomic mass is 10.1. The van der Waals surface area contributed by atoms with Crippen LogP contribution in [0.5, 0.6) is 0 Å². The molecule has 1 nitrogen and oxygen atoms in total. The Hall–Kier alpha value is -0.340. The lowest BCUT2D eigenvalue weighted by molar-refractivity contribution is 0.407. The molecule has 2 heteroatoms. The van der Waals surface area contributed by atoms with Crippen LogP contribution in [0.3, 0.4) is 0 Å². The van der Waals surface area contributed by atoms with Crippen LogP contribution in [0.15, 0.2) is 24.3 Å². The Morgan fingerprint density at radius 2 is 1.83 bits per heavy atom. The number of alkyl halides is 1. The van der Waals surface area contributed by atoms with Crippen LogP contribution < -0.4 is 0 Å². The predicted molar refractivity (Wildman–Crippen MR) is 52.5 cm³/mol. The van der Waals surface area contributed by atoms with E-state index in [2.05, 4.69) is 40.2 Å². The smallest absolute Gasteiger partial charge is 0.0850 e. The number of epoxide rings is 1. The molecular weight excluding hydrogens is 216 g/mol. The third-order valence-corrected chi connectivity index (χ3v) is 2.69. The van der Waals surface area contributed by atoms with Crippen LogP contribution in [0.25, 0.3) is 0 Å². The molecule has 1 aromatic carbocycles. The van der Waals surface area contributed by atoms with Crippen molar-refractivity contribution in [1.29, 1.82) is 0 Å². The fourth-order valence-corrected chi connectivity index (χ4v) is 1.59. The van der Waals surface area contributed by atoms with Gasteiger partial charge < -0.3 is 4.74 Å². The molecule has 0 amide bonds. The largest absolute Gasteiger partial charge is 0.373 e. The number of benzene rings is 1. The molecule has 0 bridgehead atoms. The first-order chi connectivity index (χ1) is 5.88. The lowest BCUT2D eigenvalue weighted by Gasteiger charge is -1.98. The van der Waals surface area contributed by atoms with Gasteiger partial charge in [0.2, 0.25) is 0 Å². The van der Waals surface area contributed by atoms with Crippen LogP contribution in [0.1, 0.15) is 11.1 Å². The van der Waals surface area contributed by atoms with Crippen molar-refractivity contribution < 1.29 is 4.74 Å². The van der Waals surface area contributed by atoms with Gasteiger partial charge in [-0.25, -0.2) is 0 Å². The molecule has 1 heterocycles. The Morgan fingerprint density at radius 1 is 1.25 bits per heavy atom. The second-order valence-corrected chi connectivity index (χ2v) is 3.67. The van der Waals surface area contributed by atoms with Gasteiger partial charge in [-0.2, -0.15) is 0 Å². The minimum Gasteiger partial charge on any atom is -0.373 e. The van der Waals surface area contributed by atoms with Gasteiger partial charge in [0, 0.05) is 11.8 Å². The first-order valence-corrected chi connectivity index (χ1v) is 5.26. The van der Waals surface area contributed by atoms with Crippen molar-refractivity contribution in [2.45, 2.75) is 17.9 Å². The monoisotopic (exact) mass is 226 g/mol. The normalized spacial score (nSPS) is 20.9. The minimum absolute atomic E-state index is 0.500. The van der Waals surface area contributed by atoms with Gasteiger partial charge >= 0.3 is 0 Å². The van der Waals surface area contributed by atoms with Crippen molar-refractivity contribution >= 4 is 15.9 Å². The summed E-state index contributed by atoms with van der Waals surface area (Å²) in [5, 5.41) is 0.938. The summed E-state index contributed by atoms with van der Waals surface area (Å²) in [4.78, 5) is 0. The van der Waals surface area contributed by atoms with Crippen molar-refractivity contribution in [3.63, 3.8) is 0 Å². The molecule has 0 spiro atoms. The predicted octanol–water partition coefficient (Wildman–Crippen LogP) is 2.52. The molecule has 12 heavy (non-hydrogen) atoms. The number of ether oxygens (including phenoxy) is 1.